The second-order valence-corrected chi connectivity index (χ2v) is 9.15. The summed E-state index contributed by atoms with van der Waals surface area (Å²) < 4.78 is 45.4. The van der Waals surface area contributed by atoms with Crippen LogP contribution in [0.15, 0.2) is 42.5 Å². The molecule has 34 heavy (non-hydrogen) atoms. The molecule has 1 saturated heterocycles. The molecule has 0 bridgehead atoms. The van der Waals surface area contributed by atoms with Crippen molar-refractivity contribution < 1.29 is 22.7 Å². The Morgan fingerprint density at radius 1 is 1.15 bits per heavy atom. The Kier molecular flexibility index (Phi) is 6.93. The summed E-state index contributed by atoms with van der Waals surface area (Å²) in [5, 5.41) is 3.00. The maximum atomic E-state index is 13.4. The van der Waals surface area contributed by atoms with Crippen LogP contribution in [0.3, 0.4) is 0 Å². The number of carbonyl (C=O) groups is 1. The number of alkyl halides is 3. The van der Waals surface area contributed by atoms with Gasteiger partial charge in [0.15, 0.2) is 0 Å². The van der Waals surface area contributed by atoms with Crippen molar-refractivity contribution in [3.63, 3.8) is 0 Å². The summed E-state index contributed by atoms with van der Waals surface area (Å²) in [6.07, 6.45) is -4.13. The van der Waals surface area contributed by atoms with Crippen LogP contribution in [0.4, 0.5) is 24.5 Å². The van der Waals surface area contributed by atoms with Crippen molar-refractivity contribution in [3.8, 4) is 5.75 Å². The molecule has 0 saturated carbocycles. The molecule has 0 aliphatic carbocycles. The van der Waals surface area contributed by atoms with Crippen LogP contribution in [-0.2, 0) is 17.4 Å². The fourth-order valence-electron chi connectivity index (χ4n) is 4.86. The second kappa shape index (κ2) is 9.74. The van der Waals surface area contributed by atoms with Gasteiger partial charge in [0.25, 0.3) is 0 Å². The van der Waals surface area contributed by atoms with E-state index < -0.39 is 17.7 Å². The van der Waals surface area contributed by atoms with E-state index in [4.69, 9.17) is 4.74 Å². The average Bonchev–Trinajstić information content (AvgIpc) is 2.82. The van der Waals surface area contributed by atoms with Gasteiger partial charge in [-0.1, -0.05) is 0 Å². The van der Waals surface area contributed by atoms with Gasteiger partial charge in [-0.3, -0.25) is 4.79 Å². The number of likely N-dealkylation sites (N-methyl/N-ethyl adjacent to an activating group) is 1. The van der Waals surface area contributed by atoms with E-state index >= 15 is 0 Å². The van der Waals surface area contributed by atoms with Gasteiger partial charge in [0.1, 0.15) is 5.75 Å². The molecule has 2 heterocycles. The van der Waals surface area contributed by atoms with Crippen LogP contribution in [0.25, 0.3) is 0 Å². The SMILES string of the molecule is COc1ccc(N2CCN3c4ccc(C(F)(F)F)cc4C[C@@H](C(=O)NCCN(C)C)[C@@H]3C2)cc1. The molecule has 9 heteroatoms. The molecule has 0 aromatic heterocycles. The number of methoxy groups -OCH3 is 1. The quantitative estimate of drug-likeness (QED) is 0.694. The predicted molar refractivity (Wildman–Crippen MR) is 127 cm³/mol. The molecule has 2 aromatic rings. The van der Waals surface area contributed by atoms with Crippen molar-refractivity contribution in [1.29, 1.82) is 0 Å². The van der Waals surface area contributed by atoms with Crippen LogP contribution < -0.4 is 19.9 Å². The lowest BCUT2D eigenvalue weighted by Gasteiger charge is -2.49. The summed E-state index contributed by atoms with van der Waals surface area (Å²) in [4.78, 5) is 19.6. The number of hydrogen-bond acceptors (Lipinski definition) is 5. The maximum absolute atomic E-state index is 13.4. The van der Waals surface area contributed by atoms with Gasteiger partial charge in [-0.2, -0.15) is 13.2 Å². The molecule has 0 radical (unpaired) electrons. The minimum atomic E-state index is -4.41. The van der Waals surface area contributed by atoms with Crippen molar-refractivity contribution in [3.05, 3.63) is 53.6 Å². The Hall–Kier alpha value is -2.94. The Balaban J connectivity index is 1.62. The molecule has 6 nitrogen and oxygen atoms in total. The van der Waals surface area contributed by atoms with Crippen molar-refractivity contribution in [2.45, 2.75) is 18.6 Å². The van der Waals surface area contributed by atoms with E-state index in [9.17, 15) is 18.0 Å². The molecule has 1 amide bonds. The monoisotopic (exact) mass is 476 g/mol. The first-order chi connectivity index (χ1) is 16.2. The third-order valence-electron chi connectivity index (χ3n) is 6.67. The van der Waals surface area contributed by atoms with Crippen LogP contribution >= 0.6 is 0 Å². The van der Waals surface area contributed by atoms with E-state index in [-0.39, 0.29) is 18.4 Å². The average molecular weight is 477 g/mol. The zero-order valence-electron chi connectivity index (χ0n) is 19.7. The Bertz CT molecular complexity index is 1010. The second-order valence-electron chi connectivity index (χ2n) is 9.15. The number of piperazine rings is 1. The molecule has 0 spiro atoms. The number of fused-ring (bicyclic) bond motifs is 3. The van der Waals surface area contributed by atoms with Gasteiger partial charge < -0.3 is 24.8 Å². The number of carbonyl (C=O) groups excluding carboxylic acids is 1. The number of ether oxygens (including phenoxy) is 1. The highest BCUT2D eigenvalue weighted by Gasteiger charge is 2.42. The number of rotatable bonds is 6. The van der Waals surface area contributed by atoms with Gasteiger partial charge in [0.05, 0.1) is 24.6 Å². The Morgan fingerprint density at radius 2 is 1.88 bits per heavy atom. The molecule has 1 N–H and O–H groups in total. The summed E-state index contributed by atoms with van der Waals surface area (Å²) in [6.45, 7) is 3.12. The van der Waals surface area contributed by atoms with Crippen molar-refractivity contribution in [2.24, 2.45) is 5.92 Å². The molecule has 4 rings (SSSR count). The molecular weight excluding hydrogens is 445 g/mol. The number of nitrogens with zero attached hydrogens (tertiary/aromatic N) is 3. The summed E-state index contributed by atoms with van der Waals surface area (Å²) in [6, 6.07) is 11.6. The Labute approximate surface area is 198 Å². The van der Waals surface area contributed by atoms with Crippen molar-refractivity contribution in [2.75, 3.05) is 63.7 Å². The van der Waals surface area contributed by atoms with E-state index in [0.29, 0.717) is 38.3 Å². The van der Waals surface area contributed by atoms with Crippen molar-refractivity contribution >= 4 is 17.3 Å². The summed E-state index contributed by atoms with van der Waals surface area (Å²) >= 11 is 0. The number of nitrogens with one attached hydrogen (secondary N) is 1. The molecule has 2 aliphatic rings. The van der Waals surface area contributed by atoms with Crippen LogP contribution in [0.1, 0.15) is 11.1 Å². The number of benzene rings is 2. The first kappa shape index (κ1) is 24.2. The standard InChI is InChI=1S/C25H31F3N4O2/c1-30(2)11-10-29-24(33)21-15-17-14-18(25(26,27)28)4-9-22(17)32-13-12-31(16-23(21)32)19-5-7-20(34-3)8-6-19/h4-9,14,21,23H,10-13,15-16H2,1-3H3,(H,29,33)/t21-,23+/m1/s1. The van der Waals surface area contributed by atoms with E-state index in [2.05, 4.69) is 15.1 Å². The third kappa shape index (κ3) is 5.09. The van der Waals surface area contributed by atoms with Crippen LogP contribution in [-0.4, -0.2) is 70.8 Å². The van der Waals surface area contributed by atoms with Crippen LogP contribution in [0.2, 0.25) is 0 Å². The topological polar surface area (TPSA) is 48.1 Å². The molecule has 184 valence electrons. The van der Waals surface area contributed by atoms with Crippen LogP contribution in [0.5, 0.6) is 5.75 Å². The number of hydrogen-bond donors (Lipinski definition) is 1. The fourth-order valence-corrected chi connectivity index (χ4v) is 4.86. The van der Waals surface area contributed by atoms with Gasteiger partial charge in [-0.05, 0) is 68.5 Å². The molecule has 2 aromatic carbocycles. The van der Waals surface area contributed by atoms with Gasteiger partial charge in [0.2, 0.25) is 5.91 Å². The summed E-state index contributed by atoms with van der Waals surface area (Å²) in [7, 11) is 5.48. The predicted octanol–water partition coefficient (Wildman–Crippen LogP) is 3.26. The molecule has 2 atom stereocenters. The summed E-state index contributed by atoms with van der Waals surface area (Å²) in [5.41, 5.74) is 1.74. The normalized spacial score (nSPS) is 20.1. The Morgan fingerprint density at radius 3 is 2.53 bits per heavy atom. The fraction of sp³-hybridized carbons (Fsp3) is 0.480. The smallest absolute Gasteiger partial charge is 0.416 e. The zero-order valence-corrected chi connectivity index (χ0v) is 19.7. The van der Waals surface area contributed by atoms with E-state index in [1.165, 1.54) is 6.07 Å². The molecule has 0 unspecified atom stereocenters. The molecule has 2 aliphatic heterocycles. The maximum Gasteiger partial charge on any atom is 0.416 e. The minimum Gasteiger partial charge on any atom is -0.497 e. The van der Waals surface area contributed by atoms with Crippen LogP contribution in [0, 0.1) is 5.92 Å². The largest absolute Gasteiger partial charge is 0.497 e. The molecule has 1 fully saturated rings. The first-order valence-corrected chi connectivity index (χ1v) is 11.5. The summed E-state index contributed by atoms with van der Waals surface area (Å²) in [5.74, 6) is 0.211. The number of anilines is 2. The molecular formula is C25H31F3N4O2. The highest BCUT2D eigenvalue weighted by Crippen LogP contribution is 2.40. The van der Waals surface area contributed by atoms with Gasteiger partial charge in [-0.15, -0.1) is 0 Å². The first-order valence-electron chi connectivity index (χ1n) is 11.5. The highest BCUT2D eigenvalue weighted by molar-refractivity contribution is 5.82. The number of amides is 1. The van der Waals surface area contributed by atoms with Crippen molar-refractivity contribution in [1.82, 2.24) is 10.2 Å². The van der Waals surface area contributed by atoms with Gasteiger partial charge >= 0.3 is 6.18 Å². The van der Waals surface area contributed by atoms with E-state index in [0.717, 1.165) is 23.2 Å². The minimum absolute atomic E-state index is 0.114. The zero-order chi connectivity index (χ0) is 24.5. The lowest BCUT2D eigenvalue weighted by molar-refractivity contribution is -0.137. The lowest BCUT2D eigenvalue weighted by Crippen LogP contribution is -2.61. The van der Waals surface area contributed by atoms with Gasteiger partial charge in [0, 0.05) is 44.1 Å². The van der Waals surface area contributed by atoms with Gasteiger partial charge in [-0.25, -0.2) is 0 Å². The third-order valence-corrected chi connectivity index (χ3v) is 6.67. The van der Waals surface area contributed by atoms with E-state index in [1.807, 2.05) is 43.3 Å². The number of halogens is 3. The highest BCUT2D eigenvalue weighted by atomic mass is 19.4. The van der Waals surface area contributed by atoms with E-state index in [1.54, 1.807) is 13.2 Å². The lowest BCUT2D eigenvalue weighted by atomic mass is 9.82.